The van der Waals surface area contributed by atoms with Crippen LogP contribution in [-0.4, -0.2) is 28.0 Å². The number of aromatic nitrogens is 3. The molecule has 6 nitrogen and oxygen atoms in total. The van der Waals surface area contributed by atoms with Crippen molar-refractivity contribution < 1.29 is 0 Å². The van der Waals surface area contributed by atoms with Crippen molar-refractivity contribution in [1.82, 2.24) is 15.0 Å². The number of rotatable bonds is 6. The Kier molecular flexibility index (Phi) is 4.92. The van der Waals surface area contributed by atoms with Crippen LogP contribution in [0.25, 0.3) is 0 Å². The standard InChI is InChI=1S/C15H22N6/c1-4-17-13-9-14(20-15(16)19-13)21(5-2)10-12-8-6-7-11(3)18-12/h6-9H,4-5,10H2,1-3H3,(H3,16,17,19,20). The Bertz CT molecular complexity index is 598. The largest absolute Gasteiger partial charge is 0.370 e. The van der Waals surface area contributed by atoms with E-state index in [1.807, 2.05) is 38.1 Å². The number of hydrogen-bond donors (Lipinski definition) is 2. The molecule has 0 unspecified atom stereocenters. The average molecular weight is 286 g/mol. The van der Waals surface area contributed by atoms with E-state index in [0.29, 0.717) is 6.54 Å². The summed E-state index contributed by atoms with van der Waals surface area (Å²) in [5, 5.41) is 3.17. The van der Waals surface area contributed by atoms with Gasteiger partial charge < -0.3 is 16.0 Å². The van der Waals surface area contributed by atoms with Crippen molar-refractivity contribution in [1.29, 1.82) is 0 Å². The fourth-order valence-corrected chi connectivity index (χ4v) is 2.12. The van der Waals surface area contributed by atoms with Gasteiger partial charge in [0.1, 0.15) is 11.6 Å². The molecule has 0 fully saturated rings. The van der Waals surface area contributed by atoms with Crippen molar-refractivity contribution in [3.63, 3.8) is 0 Å². The molecule has 0 spiro atoms. The van der Waals surface area contributed by atoms with E-state index in [-0.39, 0.29) is 5.95 Å². The Morgan fingerprint density at radius 2 is 2.00 bits per heavy atom. The first-order valence-corrected chi connectivity index (χ1v) is 7.18. The number of aryl methyl sites for hydroxylation is 1. The number of anilines is 3. The molecule has 6 heteroatoms. The van der Waals surface area contributed by atoms with E-state index in [4.69, 9.17) is 5.73 Å². The van der Waals surface area contributed by atoms with Gasteiger partial charge in [0.2, 0.25) is 5.95 Å². The number of nitrogens with zero attached hydrogens (tertiary/aromatic N) is 4. The molecule has 0 atom stereocenters. The van der Waals surface area contributed by atoms with Crippen molar-refractivity contribution in [2.24, 2.45) is 0 Å². The Labute approximate surface area is 125 Å². The zero-order chi connectivity index (χ0) is 15.2. The number of nitrogens with two attached hydrogens (primary N) is 1. The maximum atomic E-state index is 5.80. The Hall–Kier alpha value is -2.37. The molecule has 2 rings (SSSR count). The van der Waals surface area contributed by atoms with Crippen LogP contribution in [0, 0.1) is 6.92 Å². The van der Waals surface area contributed by atoms with Crippen molar-refractivity contribution in [2.75, 3.05) is 29.0 Å². The van der Waals surface area contributed by atoms with Crippen LogP contribution in [0.1, 0.15) is 25.2 Å². The van der Waals surface area contributed by atoms with Crippen LogP contribution in [0.2, 0.25) is 0 Å². The van der Waals surface area contributed by atoms with Crippen molar-refractivity contribution in [3.8, 4) is 0 Å². The van der Waals surface area contributed by atoms with Crippen molar-refractivity contribution in [3.05, 3.63) is 35.7 Å². The highest BCUT2D eigenvalue weighted by Crippen LogP contribution is 2.18. The Balaban J connectivity index is 2.24. The molecular formula is C15H22N6. The van der Waals surface area contributed by atoms with Gasteiger partial charge in [0, 0.05) is 24.8 Å². The fraction of sp³-hybridized carbons (Fsp3) is 0.400. The third-order valence-electron chi connectivity index (χ3n) is 3.09. The first kappa shape index (κ1) is 15.0. The third kappa shape index (κ3) is 4.05. The van der Waals surface area contributed by atoms with E-state index < -0.39 is 0 Å². The molecule has 0 amide bonds. The normalized spacial score (nSPS) is 10.4. The maximum absolute atomic E-state index is 5.80. The molecule has 0 bridgehead atoms. The van der Waals surface area contributed by atoms with E-state index in [1.165, 1.54) is 0 Å². The summed E-state index contributed by atoms with van der Waals surface area (Å²) in [4.78, 5) is 15.2. The molecule has 0 aliphatic heterocycles. The lowest BCUT2D eigenvalue weighted by Gasteiger charge is -2.22. The van der Waals surface area contributed by atoms with Gasteiger partial charge in [0.05, 0.1) is 12.2 Å². The summed E-state index contributed by atoms with van der Waals surface area (Å²) in [6.45, 7) is 8.40. The molecule has 2 aromatic heterocycles. The molecule has 0 saturated carbocycles. The minimum Gasteiger partial charge on any atom is -0.370 e. The predicted octanol–water partition coefficient (Wildman–Crippen LogP) is 2.22. The average Bonchev–Trinajstić information content (AvgIpc) is 2.44. The van der Waals surface area contributed by atoms with E-state index >= 15 is 0 Å². The van der Waals surface area contributed by atoms with Crippen LogP contribution >= 0.6 is 0 Å². The van der Waals surface area contributed by atoms with Gasteiger partial charge in [0.25, 0.3) is 0 Å². The fourth-order valence-electron chi connectivity index (χ4n) is 2.12. The van der Waals surface area contributed by atoms with Crippen molar-refractivity contribution in [2.45, 2.75) is 27.3 Å². The molecular weight excluding hydrogens is 264 g/mol. The van der Waals surface area contributed by atoms with Crippen LogP contribution in [0.4, 0.5) is 17.6 Å². The van der Waals surface area contributed by atoms with Crippen molar-refractivity contribution >= 4 is 17.6 Å². The third-order valence-corrected chi connectivity index (χ3v) is 3.09. The first-order chi connectivity index (χ1) is 10.1. The van der Waals surface area contributed by atoms with Gasteiger partial charge in [-0.2, -0.15) is 9.97 Å². The number of pyridine rings is 1. The molecule has 0 aliphatic carbocycles. The minimum atomic E-state index is 0.277. The van der Waals surface area contributed by atoms with Gasteiger partial charge >= 0.3 is 0 Å². The molecule has 0 aromatic carbocycles. The topological polar surface area (TPSA) is 80.0 Å². The monoisotopic (exact) mass is 286 g/mol. The lowest BCUT2D eigenvalue weighted by molar-refractivity contribution is 0.789. The van der Waals surface area contributed by atoms with Gasteiger partial charge in [0.15, 0.2) is 0 Å². The molecule has 0 radical (unpaired) electrons. The zero-order valence-electron chi connectivity index (χ0n) is 12.8. The first-order valence-electron chi connectivity index (χ1n) is 7.18. The highest BCUT2D eigenvalue weighted by molar-refractivity contribution is 5.52. The second-order valence-electron chi connectivity index (χ2n) is 4.78. The van der Waals surface area contributed by atoms with Crippen LogP contribution in [0.3, 0.4) is 0 Å². The number of hydrogen-bond acceptors (Lipinski definition) is 6. The molecule has 2 heterocycles. The summed E-state index contributed by atoms with van der Waals surface area (Å²) in [5.74, 6) is 1.83. The summed E-state index contributed by atoms with van der Waals surface area (Å²) in [5.41, 5.74) is 7.82. The molecule has 2 aromatic rings. The summed E-state index contributed by atoms with van der Waals surface area (Å²) in [6.07, 6.45) is 0. The van der Waals surface area contributed by atoms with Crippen LogP contribution in [0.5, 0.6) is 0 Å². The lowest BCUT2D eigenvalue weighted by atomic mass is 10.3. The summed E-state index contributed by atoms with van der Waals surface area (Å²) in [7, 11) is 0. The SMILES string of the molecule is CCNc1cc(N(CC)Cc2cccc(C)n2)nc(N)n1. The zero-order valence-corrected chi connectivity index (χ0v) is 12.8. The Morgan fingerprint density at radius 1 is 1.19 bits per heavy atom. The van der Waals surface area contributed by atoms with Gasteiger partial charge in [-0.05, 0) is 32.9 Å². The smallest absolute Gasteiger partial charge is 0.223 e. The molecule has 0 saturated heterocycles. The Morgan fingerprint density at radius 3 is 2.67 bits per heavy atom. The second kappa shape index (κ2) is 6.88. The summed E-state index contributed by atoms with van der Waals surface area (Å²) >= 11 is 0. The van der Waals surface area contributed by atoms with E-state index in [0.717, 1.165) is 36.1 Å². The van der Waals surface area contributed by atoms with Crippen LogP contribution in [-0.2, 0) is 6.54 Å². The maximum Gasteiger partial charge on any atom is 0.223 e. The molecule has 21 heavy (non-hydrogen) atoms. The predicted molar refractivity (Wildman–Crippen MR) is 86.3 cm³/mol. The highest BCUT2D eigenvalue weighted by Gasteiger charge is 2.10. The second-order valence-corrected chi connectivity index (χ2v) is 4.78. The minimum absolute atomic E-state index is 0.277. The van der Waals surface area contributed by atoms with E-state index in [2.05, 4.69) is 32.1 Å². The quantitative estimate of drug-likeness (QED) is 0.847. The van der Waals surface area contributed by atoms with Gasteiger partial charge in [-0.1, -0.05) is 6.07 Å². The summed E-state index contributed by atoms with van der Waals surface area (Å²) < 4.78 is 0. The van der Waals surface area contributed by atoms with E-state index in [9.17, 15) is 0 Å². The number of nitrogen functional groups attached to an aromatic ring is 1. The lowest BCUT2D eigenvalue weighted by Crippen LogP contribution is -2.24. The highest BCUT2D eigenvalue weighted by atomic mass is 15.2. The molecule has 0 aliphatic rings. The van der Waals surface area contributed by atoms with Gasteiger partial charge in [-0.15, -0.1) is 0 Å². The molecule has 3 N–H and O–H groups in total. The van der Waals surface area contributed by atoms with Crippen LogP contribution < -0.4 is 16.0 Å². The van der Waals surface area contributed by atoms with Gasteiger partial charge in [-0.25, -0.2) is 0 Å². The van der Waals surface area contributed by atoms with Gasteiger partial charge in [-0.3, -0.25) is 4.98 Å². The number of nitrogens with one attached hydrogen (secondary N) is 1. The summed E-state index contributed by atoms with van der Waals surface area (Å²) in [6, 6.07) is 7.94. The molecule has 112 valence electrons. The van der Waals surface area contributed by atoms with Crippen LogP contribution in [0.15, 0.2) is 24.3 Å². The van der Waals surface area contributed by atoms with E-state index in [1.54, 1.807) is 0 Å².